The summed E-state index contributed by atoms with van der Waals surface area (Å²) in [6.07, 6.45) is 0.553. The Kier molecular flexibility index (Phi) is 5.86. The van der Waals surface area contributed by atoms with Crippen molar-refractivity contribution in [1.82, 2.24) is 9.21 Å². The first-order valence-corrected chi connectivity index (χ1v) is 10.8. The highest BCUT2D eigenvalue weighted by molar-refractivity contribution is 7.89. The zero-order valence-electron chi connectivity index (χ0n) is 16.1. The lowest BCUT2D eigenvalue weighted by Gasteiger charge is -2.31. The van der Waals surface area contributed by atoms with Gasteiger partial charge in [0.1, 0.15) is 5.82 Å². The average molecular weight is 405 g/mol. The van der Waals surface area contributed by atoms with Crippen LogP contribution in [0.15, 0.2) is 59.5 Å². The molecule has 3 rings (SSSR count). The van der Waals surface area contributed by atoms with Gasteiger partial charge >= 0.3 is 0 Å². The minimum Gasteiger partial charge on any atom is -0.341 e. The second-order valence-electron chi connectivity index (χ2n) is 7.49. The van der Waals surface area contributed by atoms with E-state index in [4.69, 9.17) is 0 Å². The lowest BCUT2D eigenvalue weighted by molar-refractivity contribution is -0.136. The Hall–Kier alpha value is -2.25. The summed E-state index contributed by atoms with van der Waals surface area (Å²) in [6, 6.07) is 14.4. The van der Waals surface area contributed by atoms with Gasteiger partial charge < -0.3 is 4.90 Å². The fourth-order valence-corrected chi connectivity index (χ4v) is 4.94. The third-order valence-electron chi connectivity index (χ3n) is 5.22. The van der Waals surface area contributed by atoms with Crippen LogP contribution in [0, 0.1) is 5.82 Å². The van der Waals surface area contributed by atoms with Crippen molar-refractivity contribution in [1.29, 1.82) is 0 Å². The monoisotopic (exact) mass is 404 g/mol. The van der Waals surface area contributed by atoms with Gasteiger partial charge in [0.2, 0.25) is 15.9 Å². The van der Waals surface area contributed by atoms with E-state index in [0.29, 0.717) is 26.1 Å². The van der Waals surface area contributed by atoms with Crippen LogP contribution in [0.2, 0.25) is 0 Å². The number of rotatable bonds is 4. The standard InChI is InChI=1S/C21H25FN2O3S/c1-21(2,17-7-4-3-5-8-17)20(25)23-13-6-14-24(16-15-23)28(26,27)19-11-9-18(22)10-12-19/h3-5,7-12H,6,13-16H2,1-2H3. The Bertz CT molecular complexity index is 928. The second-order valence-corrected chi connectivity index (χ2v) is 9.43. The van der Waals surface area contributed by atoms with Crippen molar-refractivity contribution < 1.29 is 17.6 Å². The number of amides is 1. The molecule has 5 nitrogen and oxygen atoms in total. The highest BCUT2D eigenvalue weighted by atomic mass is 32.2. The Balaban J connectivity index is 1.74. The minimum absolute atomic E-state index is 0.0141. The SMILES string of the molecule is CC(C)(C(=O)N1CCCN(S(=O)(=O)c2ccc(F)cc2)CC1)c1ccccc1. The maximum atomic E-state index is 13.2. The molecule has 0 aliphatic carbocycles. The Morgan fingerprint density at radius 3 is 2.21 bits per heavy atom. The summed E-state index contributed by atoms with van der Waals surface area (Å²) in [5.74, 6) is -0.491. The molecule has 150 valence electrons. The number of carbonyl (C=O) groups excluding carboxylic acids is 1. The van der Waals surface area contributed by atoms with Gasteiger partial charge in [0.15, 0.2) is 0 Å². The predicted octanol–water partition coefficient (Wildman–Crippen LogP) is 3.03. The second kappa shape index (κ2) is 8.01. The van der Waals surface area contributed by atoms with Gasteiger partial charge in [-0.2, -0.15) is 4.31 Å². The number of carbonyl (C=O) groups is 1. The zero-order valence-corrected chi connectivity index (χ0v) is 17.0. The van der Waals surface area contributed by atoms with Crippen LogP contribution in [0.3, 0.4) is 0 Å². The molecule has 2 aromatic carbocycles. The maximum Gasteiger partial charge on any atom is 0.243 e. The number of benzene rings is 2. The van der Waals surface area contributed by atoms with Crippen molar-refractivity contribution >= 4 is 15.9 Å². The van der Waals surface area contributed by atoms with E-state index in [2.05, 4.69) is 0 Å². The molecule has 28 heavy (non-hydrogen) atoms. The van der Waals surface area contributed by atoms with Crippen molar-refractivity contribution in [2.24, 2.45) is 0 Å². The van der Waals surface area contributed by atoms with Crippen molar-refractivity contribution in [3.8, 4) is 0 Å². The van der Waals surface area contributed by atoms with E-state index < -0.39 is 21.3 Å². The fourth-order valence-electron chi connectivity index (χ4n) is 3.47. The van der Waals surface area contributed by atoms with E-state index in [0.717, 1.165) is 17.7 Å². The molecule has 1 saturated heterocycles. The lowest BCUT2D eigenvalue weighted by Crippen LogP contribution is -2.45. The van der Waals surface area contributed by atoms with E-state index in [1.165, 1.54) is 16.4 Å². The van der Waals surface area contributed by atoms with Gasteiger partial charge in [0, 0.05) is 26.2 Å². The van der Waals surface area contributed by atoms with Gasteiger partial charge in [0.25, 0.3) is 0 Å². The van der Waals surface area contributed by atoms with E-state index in [9.17, 15) is 17.6 Å². The van der Waals surface area contributed by atoms with Crippen LogP contribution in [0.4, 0.5) is 4.39 Å². The van der Waals surface area contributed by atoms with Crippen LogP contribution in [-0.2, 0) is 20.2 Å². The molecule has 1 aliphatic heterocycles. The summed E-state index contributed by atoms with van der Waals surface area (Å²) in [4.78, 5) is 15.0. The molecule has 1 amide bonds. The summed E-state index contributed by atoms with van der Waals surface area (Å²) in [7, 11) is -3.71. The normalized spacial score (nSPS) is 16.6. The Morgan fingerprint density at radius 2 is 1.57 bits per heavy atom. The van der Waals surface area contributed by atoms with Gasteiger partial charge in [-0.3, -0.25) is 4.79 Å². The molecule has 0 atom stereocenters. The largest absolute Gasteiger partial charge is 0.341 e. The summed E-state index contributed by atoms with van der Waals surface area (Å²) in [5.41, 5.74) is 0.242. The minimum atomic E-state index is -3.71. The molecule has 1 heterocycles. The molecule has 0 radical (unpaired) electrons. The van der Waals surface area contributed by atoms with E-state index in [1.807, 2.05) is 44.2 Å². The predicted molar refractivity (Wildman–Crippen MR) is 106 cm³/mol. The molecule has 0 bridgehead atoms. The number of sulfonamides is 1. The van der Waals surface area contributed by atoms with E-state index in [-0.39, 0.29) is 17.3 Å². The van der Waals surface area contributed by atoms with Crippen LogP contribution >= 0.6 is 0 Å². The fraction of sp³-hybridized carbons (Fsp3) is 0.381. The van der Waals surface area contributed by atoms with Crippen LogP contribution in [0.5, 0.6) is 0 Å². The van der Waals surface area contributed by atoms with E-state index in [1.54, 1.807) is 4.90 Å². The molecule has 0 aromatic heterocycles. The molecular weight excluding hydrogens is 379 g/mol. The Labute approximate surface area is 165 Å². The first-order chi connectivity index (χ1) is 13.2. The van der Waals surface area contributed by atoms with Gasteiger partial charge in [-0.1, -0.05) is 30.3 Å². The number of hydrogen-bond donors (Lipinski definition) is 0. The van der Waals surface area contributed by atoms with Gasteiger partial charge in [-0.15, -0.1) is 0 Å². The number of halogens is 1. The first-order valence-electron chi connectivity index (χ1n) is 9.33. The molecule has 0 unspecified atom stereocenters. The molecule has 0 saturated carbocycles. The Morgan fingerprint density at radius 1 is 0.929 bits per heavy atom. The summed E-state index contributed by atoms with van der Waals surface area (Å²) >= 11 is 0. The zero-order chi connectivity index (χ0) is 20.4. The summed E-state index contributed by atoms with van der Waals surface area (Å²) in [5, 5.41) is 0. The summed E-state index contributed by atoms with van der Waals surface area (Å²) < 4.78 is 40.2. The average Bonchev–Trinajstić information content (AvgIpc) is 2.95. The third-order valence-corrected chi connectivity index (χ3v) is 7.14. The summed E-state index contributed by atoms with van der Waals surface area (Å²) in [6.45, 7) is 5.16. The first kappa shape index (κ1) is 20.5. The quantitative estimate of drug-likeness (QED) is 0.787. The van der Waals surface area contributed by atoms with Crippen LogP contribution in [-0.4, -0.2) is 49.7 Å². The lowest BCUT2D eigenvalue weighted by atomic mass is 9.83. The van der Waals surface area contributed by atoms with Gasteiger partial charge in [-0.25, -0.2) is 12.8 Å². The molecule has 1 fully saturated rings. The molecular formula is C21H25FN2O3S. The molecule has 1 aliphatic rings. The number of hydrogen-bond acceptors (Lipinski definition) is 3. The highest BCUT2D eigenvalue weighted by Crippen LogP contribution is 2.27. The number of nitrogens with zero attached hydrogens (tertiary/aromatic N) is 2. The molecule has 0 N–H and O–H groups in total. The smallest absolute Gasteiger partial charge is 0.243 e. The topological polar surface area (TPSA) is 57.7 Å². The van der Waals surface area contributed by atoms with Crippen molar-refractivity contribution in [3.63, 3.8) is 0 Å². The van der Waals surface area contributed by atoms with E-state index >= 15 is 0 Å². The van der Waals surface area contributed by atoms with Crippen molar-refractivity contribution in [3.05, 3.63) is 66.0 Å². The highest BCUT2D eigenvalue weighted by Gasteiger charge is 2.35. The third kappa shape index (κ3) is 4.10. The van der Waals surface area contributed by atoms with Gasteiger partial charge in [0.05, 0.1) is 10.3 Å². The maximum absolute atomic E-state index is 13.2. The molecule has 0 spiro atoms. The van der Waals surface area contributed by atoms with Gasteiger partial charge in [-0.05, 0) is 50.1 Å². The van der Waals surface area contributed by atoms with Crippen molar-refractivity contribution in [2.75, 3.05) is 26.2 Å². The molecule has 2 aromatic rings. The molecule has 7 heteroatoms. The van der Waals surface area contributed by atoms with Crippen molar-refractivity contribution in [2.45, 2.75) is 30.6 Å². The van der Waals surface area contributed by atoms with Crippen LogP contribution < -0.4 is 0 Å². The van der Waals surface area contributed by atoms with Crippen LogP contribution in [0.1, 0.15) is 25.8 Å². The van der Waals surface area contributed by atoms with Crippen LogP contribution in [0.25, 0.3) is 0 Å².